The molecule has 0 aliphatic carbocycles. The Bertz CT molecular complexity index is 3620. The Balaban J connectivity index is 1.08. The van der Waals surface area contributed by atoms with Crippen molar-refractivity contribution in [2.45, 2.75) is 13.8 Å². The number of carboxylic acids is 2. The van der Waals surface area contributed by atoms with Gasteiger partial charge in [-0.25, -0.2) is 9.64 Å². The number of aliphatic carboxylic acids is 2. The SMILES string of the molecule is [C-]#[N+]/C(=C\c1ccc(/C(=C/c2ccc(N(c3ccc(/C=C/C=C(c4ccc(C)cc4)c4ccc(C)cc4)cc3)c3ccc(/C=C(\c4ccccc4)c4ccc(/C=C(\C#N)C(=O)O)s4)cc3)cc2)c2ccccc2)s1)C(=O)O. The summed E-state index contributed by atoms with van der Waals surface area (Å²) in [4.78, 5) is 31.9. The Morgan fingerprint density at radius 3 is 1.31 bits per heavy atom. The van der Waals surface area contributed by atoms with E-state index in [2.05, 4.69) is 175 Å². The standard InChI is InChI=1S/C68H49N3O4S2/c1-46-17-27-53(28-18-46)61(54-29-19-47(2)20-30-54)16-10-11-48-21-31-56(32-22-48)71(57-33-23-49(24-34-57)41-62(51-12-6-4-7-13-51)65-39-37-59(76-65)43-55(45-69)67(72)73)58-35-25-50(26-36-58)42-63(52-14-8-5-9-15-52)66-40-38-60(77-66)44-64(70-3)68(74)75/h4-44H,1-2H3,(H,72,73)(H,74,75)/b11-10+,55-43+,62-41+,63-42+,64-44-. The maximum absolute atomic E-state index is 11.6. The quantitative estimate of drug-likeness (QED) is 0.0309. The molecule has 77 heavy (non-hydrogen) atoms. The number of nitriles is 1. The second kappa shape index (κ2) is 24.4. The van der Waals surface area contributed by atoms with E-state index in [1.165, 1.54) is 46.0 Å². The maximum Gasteiger partial charge on any atom is 0.346 e. The molecule has 0 fully saturated rings. The van der Waals surface area contributed by atoms with E-state index in [1.54, 1.807) is 6.07 Å². The van der Waals surface area contributed by atoms with Crippen molar-refractivity contribution >= 4 is 98.8 Å². The normalized spacial score (nSPS) is 11.9. The third kappa shape index (κ3) is 13.1. The van der Waals surface area contributed by atoms with Crippen molar-refractivity contribution in [3.63, 3.8) is 0 Å². The van der Waals surface area contributed by atoms with Gasteiger partial charge in [0.2, 0.25) is 0 Å². The van der Waals surface area contributed by atoms with Crippen LogP contribution in [0.3, 0.4) is 0 Å². The van der Waals surface area contributed by atoms with Crippen LogP contribution in [0.4, 0.5) is 17.1 Å². The number of allylic oxidation sites excluding steroid dienone is 2. The van der Waals surface area contributed by atoms with E-state index >= 15 is 0 Å². The molecule has 2 heterocycles. The van der Waals surface area contributed by atoms with Crippen LogP contribution >= 0.6 is 22.7 Å². The summed E-state index contributed by atoms with van der Waals surface area (Å²) < 4.78 is 0. The summed E-state index contributed by atoms with van der Waals surface area (Å²) in [6.07, 6.45) is 13.5. The summed E-state index contributed by atoms with van der Waals surface area (Å²) in [7, 11) is 0. The van der Waals surface area contributed by atoms with E-state index in [0.717, 1.165) is 82.5 Å². The van der Waals surface area contributed by atoms with Gasteiger partial charge in [0.25, 0.3) is 5.70 Å². The first-order valence-corrected chi connectivity index (χ1v) is 26.2. The van der Waals surface area contributed by atoms with Gasteiger partial charge in [-0.1, -0.05) is 175 Å². The zero-order chi connectivity index (χ0) is 53.7. The maximum atomic E-state index is 11.6. The predicted octanol–water partition coefficient (Wildman–Crippen LogP) is 17.6. The number of hydrogen-bond donors (Lipinski definition) is 2. The van der Waals surface area contributed by atoms with Crippen LogP contribution in [-0.2, 0) is 9.59 Å². The van der Waals surface area contributed by atoms with Gasteiger partial charge in [-0.15, -0.1) is 22.7 Å². The van der Waals surface area contributed by atoms with Crippen LogP contribution in [0, 0.1) is 31.8 Å². The second-order valence-electron chi connectivity index (χ2n) is 18.0. The van der Waals surface area contributed by atoms with Gasteiger partial charge in [-0.05, 0) is 154 Å². The largest absolute Gasteiger partial charge is 0.486 e. The number of carboxylic acid groups (broad SMARTS) is 2. The van der Waals surface area contributed by atoms with Gasteiger partial charge in [0.1, 0.15) is 11.6 Å². The zero-order valence-corrected chi connectivity index (χ0v) is 43.7. The molecule has 7 nitrogen and oxygen atoms in total. The number of rotatable bonds is 17. The average molecular weight is 1040 g/mol. The number of benzene rings is 7. The highest BCUT2D eigenvalue weighted by molar-refractivity contribution is 7.14. The molecule has 0 aliphatic rings. The minimum atomic E-state index is -1.26. The Morgan fingerprint density at radius 1 is 0.494 bits per heavy atom. The summed E-state index contributed by atoms with van der Waals surface area (Å²) in [6.45, 7) is 11.5. The van der Waals surface area contributed by atoms with Crippen LogP contribution < -0.4 is 4.90 Å². The van der Waals surface area contributed by atoms with Crippen LogP contribution in [-0.4, -0.2) is 22.2 Å². The fraction of sp³-hybridized carbons (Fsp3) is 0.0294. The lowest BCUT2D eigenvalue weighted by atomic mass is 9.96. The lowest BCUT2D eigenvalue weighted by molar-refractivity contribution is -0.133. The van der Waals surface area contributed by atoms with Crippen LogP contribution in [0.1, 0.15) is 69.6 Å². The number of carbonyl (C=O) groups is 2. The highest BCUT2D eigenvalue weighted by atomic mass is 32.1. The molecule has 0 saturated carbocycles. The Labute approximate surface area is 456 Å². The van der Waals surface area contributed by atoms with Crippen molar-refractivity contribution in [2.24, 2.45) is 0 Å². The first-order chi connectivity index (χ1) is 37.5. The molecule has 0 bridgehead atoms. The number of anilines is 3. The van der Waals surface area contributed by atoms with Crippen molar-refractivity contribution in [3.8, 4) is 6.07 Å². The molecule has 9 heteroatoms. The van der Waals surface area contributed by atoms with Crippen LogP contribution in [0.5, 0.6) is 0 Å². The topological polar surface area (TPSA) is 106 Å². The van der Waals surface area contributed by atoms with Crippen molar-refractivity contribution in [1.29, 1.82) is 5.26 Å². The summed E-state index contributed by atoms with van der Waals surface area (Å²) in [5.74, 6) is -2.52. The molecule has 0 aliphatic heterocycles. The van der Waals surface area contributed by atoms with Gasteiger partial charge < -0.3 is 15.1 Å². The van der Waals surface area contributed by atoms with E-state index in [1.807, 2.05) is 84.9 Å². The molecule has 2 aromatic heterocycles. The molecular weight excluding hydrogens is 987 g/mol. The van der Waals surface area contributed by atoms with E-state index in [-0.39, 0.29) is 11.3 Å². The first-order valence-electron chi connectivity index (χ1n) is 24.6. The molecule has 0 atom stereocenters. The van der Waals surface area contributed by atoms with E-state index in [4.69, 9.17) is 6.57 Å². The minimum absolute atomic E-state index is 0.324. The number of nitrogens with zero attached hydrogens (tertiary/aromatic N) is 3. The van der Waals surface area contributed by atoms with Crippen molar-refractivity contribution in [1.82, 2.24) is 0 Å². The predicted molar refractivity (Wildman–Crippen MR) is 319 cm³/mol. The lowest BCUT2D eigenvalue weighted by Gasteiger charge is -2.26. The number of hydrogen-bond acceptors (Lipinski definition) is 6. The second-order valence-corrected chi connectivity index (χ2v) is 20.2. The van der Waals surface area contributed by atoms with E-state index < -0.39 is 11.9 Å². The minimum Gasteiger partial charge on any atom is -0.486 e. The van der Waals surface area contributed by atoms with Crippen LogP contribution in [0.25, 0.3) is 51.9 Å². The first kappa shape index (κ1) is 52.0. The number of aryl methyl sites for hydroxylation is 2. The third-order valence-corrected chi connectivity index (χ3v) is 14.7. The molecule has 9 rings (SSSR count). The van der Waals surface area contributed by atoms with E-state index in [9.17, 15) is 25.1 Å². The summed E-state index contributed by atoms with van der Waals surface area (Å²) in [5.41, 5.74) is 14.9. The summed E-state index contributed by atoms with van der Waals surface area (Å²) >= 11 is 2.85. The van der Waals surface area contributed by atoms with Gasteiger partial charge >= 0.3 is 11.9 Å². The number of thiophene rings is 2. The molecule has 0 radical (unpaired) electrons. The summed E-state index contributed by atoms with van der Waals surface area (Å²) in [5, 5.41) is 28.4. The molecule has 7 aromatic carbocycles. The highest BCUT2D eigenvalue weighted by Crippen LogP contribution is 2.39. The zero-order valence-electron chi connectivity index (χ0n) is 42.0. The molecule has 9 aromatic rings. The summed E-state index contributed by atoms with van der Waals surface area (Å²) in [6, 6.07) is 72.0. The highest BCUT2D eigenvalue weighted by Gasteiger charge is 2.16. The third-order valence-electron chi connectivity index (χ3n) is 12.6. The molecule has 2 N–H and O–H groups in total. The molecule has 0 saturated heterocycles. The van der Waals surface area contributed by atoms with Crippen molar-refractivity contribution in [3.05, 3.63) is 311 Å². The molecule has 0 amide bonds. The monoisotopic (exact) mass is 1040 g/mol. The smallest absolute Gasteiger partial charge is 0.346 e. The van der Waals surface area contributed by atoms with Crippen molar-refractivity contribution < 1.29 is 19.8 Å². The van der Waals surface area contributed by atoms with Gasteiger partial charge in [-0.2, -0.15) is 5.26 Å². The molecule has 0 spiro atoms. The van der Waals surface area contributed by atoms with Crippen LogP contribution in [0.15, 0.2) is 230 Å². The fourth-order valence-corrected chi connectivity index (χ4v) is 10.5. The van der Waals surface area contributed by atoms with Gasteiger partial charge in [0.15, 0.2) is 0 Å². The van der Waals surface area contributed by atoms with E-state index in [0.29, 0.717) is 9.75 Å². The van der Waals surface area contributed by atoms with Crippen LogP contribution in [0.2, 0.25) is 0 Å². The molecule has 372 valence electrons. The van der Waals surface area contributed by atoms with Gasteiger partial charge in [-0.3, -0.25) is 4.79 Å². The average Bonchev–Trinajstić information content (AvgIpc) is 4.14. The Hall–Kier alpha value is -9.90. The Kier molecular flexibility index (Phi) is 16.5. The molecular formula is C68H49N3O4S2. The van der Waals surface area contributed by atoms with Gasteiger partial charge in [0, 0.05) is 36.6 Å². The fourth-order valence-electron chi connectivity index (χ4n) is 8.57. The Morgan fingerprint density at radius 2 is 0.909 bits per heavy atom. The molecule has 0 unspecified atom stereocenters. The lowest BCUT2D eigenvalue weighted by Crippen LogP contribution is -2.09. The van der Waals surface area contributed by atoms with Gasteiger partial charge in [0.05, 0.1) is 6.57 Å². The van der Waals surface area contributed by atoms with Crippen molar-refractivity contribution in [2.75, 3.05) is 4.90 Å².